The molecule has 0 radical (unpaired) electrons. The number of carboxylic acid groups (broad SMARTS) is 1. The SMILES string of the molecule is Cc1[nH]c(-c2cccc(C(=O)O)c2)nc1C(C)C. The fourth-order valence-electron chi connectivity index (χ4n) is 1.97. The Morgan fingerprint density at radius 1 is 1.39 bits per heavy atom. The van der Waals surface area contributed by atoms with Crippen molar-refractivity contribution in [2.75, 3.05) is 0 Å². The van der Waals surface area contributed by atoms with Crippen LogP contribution in [-0.4, -0.2) is 21.0 Å². The first-order valence-corrected chi connectivity index (χ1v) is 5.89. The molecule has 4 nitrogen and oxygen atoms in total. The van der Waals surface area contributed by atoms with Crippen LogP contribution in [-0.2, 0) is 0 Å². The number of nitrogens with zero attached hydrogens (tertiary/aromatic N) is 1. The average Bonchev–Trinajstić information content (AvgIpc) is 2.71. The number of hydrogen-bond donors (Lipinski definition) is 2. The maximum absolute atomic E-state index is 10.9. The third-order valence-corrected chi connectivity index (χ3v) is 2.85. The number of aromatic nitrogens is 2. The van der Waals surface area contributed by atoms with E-state index >= 15 is 0 Å². The van der Waals surface area contributed by atoms with Crippen LogP contribution in [0.5, 0.6) is 0 Å². The number of benzene rings is 1. The Balaban J connectivity index is 2.45. The van der Waals surface area contributed by atoms with E-state index in [1.807, 2.05) is 13.0 Å². The molecule has 94 valence electrons. The number of H-pyrrole nitrogens is 1. The first kappa shape index (κ1) is 12.4. The fourth-order valence-corrected chi connectivity index (χ4v) is 1.97. The van der Waals surface area contributed by atoms with E-state index in [1.54, 1.807) is 18.2 Å². The standard InChI is InChI=1S/C14H16N2O2/c1-8(2)12-9(3)15-13(16-12)10-5-4-6-11(7-10)14(17)18/h4-8H,1-3H3,(H,15,16)(H,17,18). The first-order chi connectivity index (χ1) is 8.49. The minimum Gasteiger partial charge on any atom is -0.478 e. The van der Waals surface area contributed by atoms with Crippen molar-refractivity contribution in [2.45, 2.75) is 26.7 Å². The van der Waals surface area contributed by atoms with Crippen LogP contribution in [0.15, 0.2) is 24.3 Å². The third-order valence-electron chi connectivity index (χ3n) is 2.85. The molecule has 2 N–H and O–H groups in total. The molecule has 1 heterocycles. The van der Waals surface area contributed by atoms with Gasteiger partial charge in [0.15, 0.2) is 0 Å². The molecule has 18 heavy (non-hydrogen) atoms. The lowest BCUT2D eigenvalue weighted by Crippen LogP contribution is -1.96. The molecule has 1 aromatic carbocycles. The average molecular weight is 244 g/mol. The highest BCUT2D eigenvalue weighted by Crippen LogP contribution is 2.23. The summed E-state index contributed by atoms with van der Waals surface area (Å²) in [7, 11) is 0. The molecule has 0 amide bonds. The van der Waals surface area contributed by atoms with Crippen LogP contribution in [0.3, 0.4) is 0 Å². The second-order valence-corrected chi connectivity index (χ2v) is 4.64. The Morgan fingerprint density at radius 3 is 2.67 bits per heavy atom. The number of carboxylic acids is 1. The number of nitrogens with one attached hydrogen (secondary N) is 1. The molecular formula is C14H16N2O2. The van der Waals surface area contributed by atoms with Crippen molar-refractivity contribution in [3.8, 4) is 11.4 Å². The van der Waals surface area contributed by atoms with Crippen molar-refractivity contribution in [2.24, 2.45) is 0 Å². The summed E-state index contributed by atoms with van der Waals surface area (Å²) in [5.74, 6) is 0.140. The highest BCUT2D eigenvalue weighted by Gasteiger charge is 2.12. The van der Waals surface area contributed by atoms with Crippen molar-refractivity contribution in [1.82, 2.24) is 9.97 Å². The second-order valence-electron chi connectivity index (χ2n) is 4.64. The molecule has 0 saturated heterocycles. The van der Waals surface area contributed by atoms with Crippen molar-refractivity contribution < 1.29 is 9.90 Å². The minimum atomic E-state index is -0.927. The molecule has 1 aromatic heterocycles. The summed E-state index contributed by atoms with van der Waals surface area (Å²) >= 11 is 0. The normalized spacial score (nSPS) is 10.9. The molecule has 4 heteroatoms. The number of aryl methyl sites for hydroxylation is 1. The summed E-state index contributed by atoms with van der Waals surface area (Å²) < 4.78 is 0. The van der Waals surface area contributed by atoms with E-state index in [4.69, 9.17) is 5.11 Å². The zero-order valence-corrected chi connectivity index (χ0v) is 10.7. The smallest absolute Gasteiger partial charge is 0.335 e. The van der Waals surface area contributed by atoms with Crippen molar-refractivity contribution >= 4 is 5.97 Å². The molecule has 0 bridgehead atoms. The summed E-state index contributed by atoms with van der Waals surface area (Å²) in [4.78, 5) is 18.7. The molecule has 0 fully saturated rings. The molecular weight excluding hydrogens is 228 g/mol. The minimum absolute atomic E-state index is 0.271. The van der Waals surface area contributed by atoms with Crippen LogP contribution in [0.4, 0.5) is 0 Å². The number of aromatic carboxylic acids is 1. The maximum Gasteiger partial charge on any atom is 0.335 e. The van der Waals surface area contributed by atoms with E-state index in [0.29, 0.717) is 5.92 Å². The van der Waals surface area contributed by atoms with Gasteiger partial charge in [-0.15, -0.1) is 0 Å². The van der Waals surface area contributed by atoms with E-state index < -0.39 is 5.97 Å². The van der Waals surface area contributed by atoms with E-state index in [1.165, 1.54) is 0 Å². The predicted molar refractivity (Wildman–Crippen MR) is 69.8 cm³/mol. The first-order valence-electron chi connectivity index (χ1n) is 5.89. The molecule has 2 aromatic rings. The molecule has 2 rings (SSSR count). The lowest BCUT2D eigenvalue weighted by molar-refractivity contribution is 0.0697. The van der Waals surface area contributed by atoms with Gasteiger partial charge in [-0.2, -0.15) is 0 Å². The van der Waals surface area contributed by atoms with Gasteiger partial charge in [-0.3, -0.25) is 0 Å². The van der Waals surface area contributed by atoms with Crippen molar-refractivity contribution in [3.05, 3.63) is 41.2 Å². The van der Waals surface area contributed by atoms with Gasteiger partial charge in [-0.25, -0.2) is 9.78 Å². The molecule has 0 aliphatic heterocycles. The van der Waals surface area contributed by atoms with Gasteiger partial charge in [0.1, 0.15) is 5.82 Å². The third kappa shape index (κ3) is 2.27. The second kappa shape index (κ2) is 4.64. The lowest BCUT2D eigenvalue weighted by Gasteiger charge is -2.00. The van der Waals surface area contributed by atoms with Crippen LogP contribution >= 0.6 is 0 Å². The number of rotatable bonds is 3. The fraction of sp³-hybridized carbons (Fsp3) is 0.286. The topological polar surface area (TPSA) is 66.0 Å². The van der Waals surface area contributed by atoms with Gasteiger partial charge in [0.05, 0.1) is 11.3 Å². The predicted octanol–water partition coefficient (Wildman–Crippen LogP) is 3.21. The van der Waals surface area contributed by atoms with Crippen LogP contribution in [0.2, 0.25) is 0 Å². The van der Waals surface area contributed by atoms with E-state index in [-0.39, 0.29) is 5.56 Å². The Bertz CT molecular complexity index is 585. The number of carbonyl (C=O) groups is 1. The zero-order valence-electron chi connectivity index (χ0n) is 10.7. The van der Waals surface area contributed by atoms with Gasteiger partial charge in [0.25, 0.3) is 0 Å². The zero-order chi connectivity index (χ0) is 13.3. The van der Waals surface area contributed by atoms with Crippen LogP contribution in [0, 0.1) is 6.92 Å². The van der Waals surface area contributed by atoms with E-state index in [9.17, 15) is 4.79 Å². The van der Waals surface area contributed by atoms with Gasteiger partial charge in [-0.1, -0.05) is 26.0 Å². The number of hydrogen-bond acceptors (Lipinski definition) is 2. The lowest BCUT2D eigenvalue weighted by atomic mass is 10.1. The summed E-state index contributed by atoms with van der Waals surface area (Å²) in [6, 6.07) is 6.79. The van der Waals surface area contributed by atoms with Gasteiger partial charge in [-0.05, 0) is 25.0 Å². The van der Waals surface area contributed by atoms with E-state index in [0.717, 1.165) is 22.8 Å². The maximum atomic E-state index is 10.9. The van der Waals surface area contributed by atoms with Gasteiger partial charge < -0.3 is 10.1 Å². The molecule has 0 unspecified atom stereocenters. The van der Waals surface area contributed by atoms with Crippen molar-refractivity contribution in [3.63, 3.8) is 0 Å². The van der Waals surface area contributed by atoms with Crippen LogP contribution in [0.1, 0.15) is 41.5 Å². The Labute approximate surface area is 106 Å². The number of aromatic amines is 1. The van der Waals surface area contributed by atoms with Crippen LogP contribution < -0.4 is 0 Å². The molecule has 0 spiro atoms. The monoisotopic (exact) mass is 244 g/mol. The van der Waals surface area contributed by atoms with E-state index in [2.05, 4.69) is 23.8 Å². The van der Waals surface area contributed by atoms with Gasteiger partial charge in [0.2, 0.25) is 0 Å². The molecule has 0 aliphatic carbocycles. The summed E-state index contributed by atoms with van der Waals surface area (Å²) in [5.41, 5.74) is 3.11. The molecule has 0 aliphatic rings. The summed E-state index contributed by atoms with van der Waals surface area (Å²) in [6.45, 7) is 6.15. The highest BCUT2D eigenvalue weighted by molar-refractivity contribution is 5.89. The van der Waals surface area contributed by atoms with Gasteiger partial charge in [0, 0.05) is 11.3 Å². The summed E-state index contributed by atoms with van der Waals surface area (Å²) in [5, 5.41) is 8.97. The number of imidazole rings is 1. The highest BCUT2D eigenvalue weighted by atomic mass is 16.4. The molecule has 0 atom stereocenters. The Kier molecular flexibility index (Phi) is 3.19. The quantitative estimate of drug-likeness (QED) is 0.871. The Hall–Kier alpha value is -2.10. The van der Waals surface area contributed by atoms with Gasteiger partial charge >= 0.3 is 5.97 Å². The summed E-state index contributed by atoms with van der Waals surface area (Å²) in [6.07, 6.45) is 0. The molecule has 0 saturated carbocycles. The largest absolute Gasteiger partial charge is 0.478 e. The Morgan fingerprint density at radius 2 is 2.11 bits per heavy atom. The van der Waals surface area contributed by atoms with Crippen molar-refractivity contribution in [1.29, 1.82) is 0 Å². The van der Waals surface area contributed by atoms with Crippen LogP contribution in [0.25, 0.3) is 11.4 Å².